The van der Waals surface area contributed by atoms with Gasteiger partial charge in [-0.2, -0.15) is 0 Å². The smallest absolute Gasteiger partial charge is 0.339 e. The van der Waals surface area contributed by atoms with Crippen LogP contribution in [0.2, 0.25) is 0 Å². The highest BCUT2D eigenvalue weighted by Gasteiger charge is 2.22. The lowest BCUT2D eigenvalue weighted by molar-refractivity contribution is -0.121. The van der Waals surface area contributed by atoms with E-state index in [-0.39, 0.29) is 11.8 Å². The molecule has 0 fully saturated rings. The number of hydrogen-bond donors (Lipinski definition) is 0. The van der Waals surface area contributed by atoms with Gasteiger partial charge in [-0.1, -0.05) is 13.8 Å². The van der Waals surface area contributed by atoms with Crippen molar-refractivity contribution in [3.05, 3.63) is 41.0 Å². The van der Waals surface area contributed by atoms with Gasteiger partial charge >= 0.3 is 5.97 Å². The zero-order chi connectivity index (χ0) is 19.0. The van der Waals surface area contributed by atoms with Gasteiger partial charge in [0.1, 0.15) is 0 Å². The lowest BCUT2D eigenvalue weighted by atomic mass is 10.1. The summed E-state index contributed by atoms with van der Waals surface area (Å²) < 4.78 is 6.72. The molecule has 0 radical (unpaired) electrons. The monoisotopic (exact) mass is 371 g/mol. The number of ether oxygens (including phenoxy) is 1. The molecule has 3 heterocycles. The largest absolute Gasteiger partial charge is 0.465 e. The molecule has 0 aliphatic heterocycles. The Hall–Kier alpha value is -2.67. The molecule has 136 valence electrons. The van der Waals surface area contributed by atoms with E-state index in [0.717, 1.165) is 10.6 Å². The Morgan fingerprint density at radius 3 is 2.62 bits per heavy atom. The number of hydrogen-bond acceptors (Lipinski definition) is 5. The lowest BCUT2D eigenvalue weighted by Crippen LogP contribution is -2.31. The van der Waals surface area contributed by atoms with Gasteiger partial charge in [0.2, 0.25) is 5.91 Å². The summed E-state index contributed by atoms with van der Waals surface area (Å²) in [5.41, 5.74) is 2.43. The van der Waals surface area contributed by atoms with E-state index in [0.29, 0.717) is 16.9 Å². The highest BCUT2D eigenvalue weighted by molar-refractivity contribution is 7.15. The van der Waals surface area contributed by atoms with Crippen LogP contribution >= 0.6 is 11.3 Å². The summed E-state index contributed by atoms with van der Waals surface area (Å²) in [5.74, 6) is -0.679. The molecule has 3 rings (SSSR count). The first kappa shape index (κ1) is 18.1. The van der Waals surface area contributed by atoms with Crippen LogP contribution in [0.1, 0.15) is 29.1 Å². The fraction of sp³-hybridized carbons (Fsp3) is 0.316. The molecule has 7 heteroatoms. The molecular formula is C19H21N3O3S. The minimum Gasteiger partial charge on any atom is -0.465 e. The van der Waals surface area contributed by atoms with E-state index in [1.54, 1.807) is 41.7 Å². The predicted molar refractivity (Wildman–Crippen MR) is 103 cm³/mol. The number of rotatable bonds is 4. The van der Waals surface area contributed by atoms with Gasteiger partial charge in [0.15, 0.2) is 5.65 Å². The number of amides is 1. The van der Waals surface area contributed by atoms with E-state index in [1.807, 2.05) is 37.3 Å². The Kier molecular flexibility index (Phi) is 4.82. The van der Waals surface area contributed by atoms with Gasteiger partial charge in [0.05, 0.1) is 35.1 Å². The highest BCUT2D eigenvalue weighted by Crippen LogP contribution is 2.32. The number of carbonyl (C=O) groups excluding carboxylic acids is 2. The van der Waals surface area contributed by atoms with Crippen LogP contribution in [0.15, 0.2) is 30.6 Å². The summed E-state index contributed by atoms with van der Waals surface area (Å²) in [6, 6.07) is 5.72. The van der Waals surface area contributed by atoms with Crippen LogP contribution < -0.4 is 4.90 Å². The van der Waals surface area contributed by atoms with Gasteiger partial charge < -0.3 is 9.64 Å². The topological polar surface area (TPSA) is 63.9 Å². The predicted octanol–water partition coefficient (Wildman–Crippen LogP) is 3.78. The Morgan fingerprint density at radius 2 is 2.04 bits per heavy atom. The van der Waals surface area contributed by atoms with Crippen LogP contribution in [0.4, 0.5) is 5.69 Å². The molecule has 3 aromatic heterocycles. The van der Waals surface area contributed by atoms with E-state index < -0.39 is 5.97 Å². The standard InChI is InChI=1S/C19H21N3O3S/c1-11(2)18(23)21(4)14-8-13(19(24)25-5)10-22-15(9-20-17(14)22)16-7-6-12(3)26-16/h6-11H,1-5H3. The van der Waals surface area contributed by atoms with Gasteiger partial charge in [-0.15, -0.1) is 11.3 Å². The van der Waals surface area contributed by atoms with Crippen molar-refractivity contribution < 1.29 is 14.3 Å². The molecule has 26 heavy (non-hydrogen) atoms. The number of fused-ring (bicyclic) bond motifs is 1. The first-order chi connectivity index (χ1) is 12.3. The number of imidazole rings is 1. The van der Waals surface area contributed by atoms with Crippen molar-refractivity contribution in [3.8, 4) is 10.6 Å². The number of esters is 1. The van der Waals surface area contributed by atoms with Gasteiger partial charge in [-0.25, -0.2) is 9.78 Å². The SMILES string of the molecule is COC(=O)c1cc(N(C)C(=O)C(C)C)c2ncc(-c3ccc(C)s3)n2c1. The molecule has 0 aliphatic rings. The Bertz CT molecular complexity index is 987. The van der Waals surface area contributed by atoms with Crippen molar-refractivity contribution in [2.24, 2.45) is 5.92 Å². The van der Waals surface area contributed by atoms with Crippen LogP contribution in [0.3, 0.4) is 0 Å². The molecule has 0 saturated carbocycles. The molecular weight excluding hydrogens is 350 g/mol. The molecule has 0 saturated heterocycles. The second kappa shape index (κ2) is 6.92. The van der Waals surface area contributed by atoms with Crippen molar-refractivity contribution in [2.75, 3.05) is 19.1 Å². The lowest BCUT2D eigenvalue weighted by Gasteiger charge is -2.21. The van der Waals surface area contributed by atoms with Gasteiger partial charge in [0.25, 0.3) is 0 Å². The maximum atomic E-state index is 12.5. The Labute approximate surface area is 156 Å². The molecule has 0 aromatic carbocycles. The van der Waals surface area contributed by atoms with Crippen LogP contribution in [0.5, 0.6) is 0 Å². The summed E-state index contributed by atoms with van der Waals surface area (Å²) in [5, 5.41) is 0. The van der Waals surface area contributed by atoms with Crippen molar-refractivity contribution in [2.45, 2.75) is 20.8 Å². The van der Waals surface area contributed by atoms with Crippen molar-refractivity contribution >= 4 is 34.5 Å². The minimum atomic E-state index is -0.458. The maximum Gasteiger partial charge on any atom is 0.339 e. The third-order valence-corrected chi connectivity index (χ3v) is 5.21. The number of nitrogens with zero attached hydrogens (tertiary/aromatic N) is 3. The summed E-state index contributed by atoms with van der Waals surface area (Å²) in [7, 11) is 3.04. The average molecular weight is 371 g/mol. The zero-order valence-corrected chi connectivity index (χ0v) is 16.3. The second-order valence-electron chi connectivity index (χ2n) is 6.40. The van der Waals surface area contributed by atoms with Crippen LogP contribution in [-0.4, -0.2) is 35.4 Å². The molecule has 0 bridgehead atoms. The van der Waals surface area contributed by atoms with E-state index in [4.69, 9.17) is 4.74 Å². The normalized spacial score (nSPS) is 11.2. The van der Waals surface area contributed by atoms with Crippen molar-refractivity contribution in [3.63, 3.8) is 0 Å². The fourth-order valence-electron chi connectivity index (χ4n) is 2.81. The van der Waals surface area contributed by atoms with Gasteiger partial charge in [0, 0.05) is 24.0 Å². The third kappa shape index (κ3) is 3.10. The van der Waals surface area contributed by atoms with E-state index in [1.165, 1.54) is 12.0 Å². The van der Waals surface area contributed by atoms with Crippen LogP contribution in [-0.2, 0) is 9.53 Å². The first-order valence-electron chi connectivity index (χ1n) is 8.27. The molecule has 0 spiro atoms. The number of methoxy groups -OCH3 is 1. The van der Waals surface area contributed by atoms with Crippen LogP contribution in [0, 0.1) is 12.8 Å². The first-order valence-corrected chi connectivity index (χ1v) is 9.09. The molecule has 0 aliphatic carbocycles. The summed E-state index contributed by atoms with van der Waals surface area (Å²) >= 11 is 1.65. The fourth-order valence-corrected chi connectivity index (χ4v) is 3.68. The number of aryl methyl sites for hydroxylation is 1. The maximum absolute atomic E-state index is 12.5. The average Bonchev–Trinajstić information content (AvgIpc) is 3.24. The number of aromatic nitrogens is 2. The number of thiophene rings is 1. The second-order valence-corrected chi connectivity index (χ2v) is 7.69. The molecule has 6 nitrogen and oxygen atoms in total. The van der Waals surface area contributed by atoms with Crippen molar-refractivity contribution in [1.82, 2.24) is 9.38 Å². The number of anilines is 1. The quantitative estimate of drug-likeness (QED) is 0.655. The van der Waals surface area contributed by atoms with Crippen molar-refractivity contribution in [1.29, 1.82) is 0 Å². The number of pyridine rings is 1. The zero-order valence-electron chi connectivity index (χ0n) is 15.4. The minimum absolute atomic E-state index is 0.0505. The molecule has 0 unspecified atom stereocenters. The highest BCUT2D eigenvalue weighted by atomic mass is 32.1. The summed E-state index contributed by atoms with van der Waals surface area (Å²) in [4.78, 5) is 32.9. The third-order valence-electron chi connectivity index (χ3n) is 4.19. The van der Waals surface area contributed by atoms with E-state index in [9.17, 15) is 9.59 Å². The molecule has 1 amide bonds. The van der Waals surface area contributed by atoms with Crippen LogP contribution in [0.25, 0.3) is 16.2 Å². The Morgan fingerprint density at radius 1 is 1.31 bits per heavy atom. The molecule has 3 aromatic rings. The molecule has 0 atom stereocenters. The van der Waals surface area contributed by atoms with E-state index >= 15 is 0 Å². The number of carbonyl (C=O) groups is 2. The summed E-state index contributed by atoms with van der Waals surface area (Å²) in [6.07, 6.45) is 3.47. The summed E-state index contributed by atoms with van der Waals surface area (Å²) in [6.45, 7) is 5.72. The van der Waals surface area contributed by atoms with Gasteiger partial charge in [-0.3, -0.25) is 9.20 Å². The Balaban J connectivity index is 2.25. The van der Waals surface area contributed by atoms with Gasteiger partial charge in [-0.05, 0) is 25.1 Å². The van der Waals surface area contributed by atoms with E-state index in [2.05, 4.69) is 4.98 Å². The molecule has 0 N–H and O–H groups in total.